The number of piperazine rings is 1. The Morgan fingerprint density at radius 2 is 2.14 bits per heavy atom. The molecule has 5 nitrogen and oxygen atoms in total. The summed E-state index contributed by atoms with van der Waals surface area (Å²) in [6.07, 6.45) is 3.01. The number of anilines is 1. The SMILES string of the molecule is CNC1CCOCC1CN1CCN(c2ccccn2)CC1. The van der Waals surface area contributed by atoms with Crippen LogP contribution in [0.2, 0.25) is 0 Å². The van der Waals surface area contributed by atoms with Crippen LogP contribution in [0.25, 0.3) is 0 Å². The van der Waals surface area contributed by atoms with Gasteiger partial charge < -0.3 is 15.0 Å². The Bertz CT molecular complexity index is 420. The molecule has 0 aromatic carbocycles. The van der Waals surface area contributed by atoms with E-state index in [1.54, 1.807) is 0 Å². The van der Waals surface area contributed by atoms with Crippen molar-refractivity contribution in [2.75, 3.05) is 57.9 Å². The van der Waals surface area contributed by atoms with E-state index in [4.69, 9.17) is 4.74 Å². The van der Waals surface area contributed by atoms with E-state index in [0.717, 1.165) is 58.2 Å². The lowest BCUT2D eigenvalue weighted by molar-refractivity contribution is 0.0177. The number of rotatable bonds is 4. The zero-order valence-electron chi connectivity index (χ0n) is 12.9. The maximum Gasteiger partial charge on any atom is 0.128 e. The number of hydrogen-bond donors (Lipinski definition) is 1. The molecule has 116 valence electrons. The summed E-state index contributed by atoms with van der Waals surface area (Å²) in [5.74, 6) is 1.72. The average Bonchev–Trinajstić information content (AvgIpc) is 2.57. The first-order valence-corrected chi connectivity index (χ1v) is 8.00. The van der Waals surface area contributed by atoms with E-state index in [-0.39, 0.29) is 0 Å². The molecule has 0 spiro atoms. The Kier molecular flexibility index (Phi) is 5.06. The Balaban J connectivity index is 1.49. The molecule has 0 saturated carbocycles. The smallest absolute Gasteiger partial charge is 0.128 e. The molecule has 2 fully saturated rings. The minimum absolute atomic E-state index is 0.604. The molecule has 2 unspecified atom stereocenters. The van der Waals surface area contributed by atoms with E-state index in [9.17, 15) is 0 Å². The minimum atomic E-state index is 0.604. The first-order valence-electron chi connectivity index (χ1n) is 8.00. The van der Waals surface area contributed by atoms with Gasteiger partial charge in [0.05, 0.1) is 6.61 Å². The largest absolute Gasteiger partial charge is 0.381 e. The number of nitrogens with zero attached hydrogens (tertiary/aromatic N) is 3. The standard InChI is InChI=1S/C16H26N4O/c1-17-15-5-11-21-13-14(15)12-19-7-9-20(10-8-19)16-4-2-3-6-18-16/h2-4,6,14-15,17H,5,7-13H2,1H3. The molecule has 2 aliphatic heterocycles. The second-order valence-electron chi connectivity index (χ2n) is 5.99. The zero-order chi connectivity index (χ0) is 14.5. The van der Waals surface area contributed by atoms with Crippen molar-refractivity contribution in [3.8, 4) is 0 Å². The molecule has 1 aromatic heterocycles. The number of nitrogens with one attached hydrogen (secondary N) is 1. The van der Waals surface area contributed by atoms with Crippen LogP contribution in [0.5, 0.6) is 0 Å². The Morgan fingerprint density at radius 1 is 1.29 bits per heavy atom. The number of ether oxygens (including phenoxy) is 1. The van der Waals surface area contributed by atoms with Gasteiger partial charge in [-0.3, -0.25) is 4.90 Å². The number of hydrogen-bond acceptors (Lipinski definition) is 5. The molecule has 2 saturated heterocycles. The third-order valence-corrected chi connectivity index (χ3v) is 4.68. The maximum absolute atomic E-state index is 5.66. The topological polar surface area (TPSA) is 40.6 Å². The van der Waals surface area contributed by atoms with Gasteiger partial charge in [0.1, 0.15) is 5.82 Å². The fourth-order valence-corrected chi connectivity index (χ4v) is 3.39. The van der Waals surface area contributed by atoms with Gasteiger partial charge in [-0.05, 0) is 25.6 Å². The Morgan fingerprint density at radius 3 is 2.86 bits per heavy atom. The second kappa shape index (κ2) is 7.20. The van der Waals surface area contributed by atoms with Gasteiger partial charge in [0.15, 0.2) is 0 Å². The van der Waals surface area contributed by atoms with Crippen LogP contribution in [0.3, 0.4) is 0 Å². The van der Waals surface area contributed by atoms with Crippen LogP contribution in [-0.4, -0.2) is 68.9 Å². The van der Waals surface area contributed by atoms with Crippen LogP contribution >= 0.6 is 0 Å². The van der Waals surface area contributed by atoms with Gasteiger partial charge in [-0.2, -0.15) is 0 Å². The summed E-state index contributed by atoms with van der Waals surface area (Å²) in [5.41, 5.74) is 0. The van der Waals surface area contributed by atoms with E-state index in [0.29, 0.717) is 12.0 Å². The summed E-state index contributed by atoms with van der Waals surface area (Å²) in [6.45, 7) is 7.29. The van der Waals surface area contributed by atoms with Gasteiger partial charge in [-0.15, -0.1) is 0 Å². The zero-order valence-corrected chi connectivity index (χ0v) is 12.9. The molecule has 3 rings (SSSR count). The van der Waals surface area contributed by atoms with Gasteiger partial charge in [0.25, 0.3) is 0 Å². The second-order valence-corrected chi connectivity index (χ2v) is 5.99. The lowest BCUT2D eigenvalue weighted by atomic mass is 9.95. The quantitative estimate of drug-likeness (QED) is 0.889. The van der Waals surface area contributed by atoms with Crippen molar-refractivity contribution in [3.63, 3.8) is 0 Å². The third kappa shape index (κ3) is 3.73. The lowest BCUT2D eigenvalue weighted by Crippen LogP contribution is -2.52. The van der Waals surface area contributed by atoms with Gasteiger partial charge in [-0.25, -0.2) is 4.98 Å². The minimum Gasteiger partial charge on any atom is -0.381 e. The number of pyridine rings is 1. The highest BCUT2D eigenvalue weighted by molar-refractivity contribution is 5.38. The van der Waals surface area contributed by atoms with Crippen LogP contribution in [0.15, 0.2) is 24.4 Å². The van der Waals surface area contributed by atoms with Crippen LogP contribution in [-0.2, 0) is 4.74 Å². The molecule has 1 N–H and O–H groups in total. The molecule has 5 heteroatoms. The Labute approximate surface area is 127 Å². The summed E-state index contributed by atoms with van der Waals surface area (Å²) in [7, 11) is 2.07. The summed E-state index contributed by atoms with van der Waals surface area (Å²) < 4.78 is 5.66. The summed E-state index contributed by atoms with van der Waals surface area (Å²) in [6, 6.07) is 6.74. The summed E-state index contributed by atoms with van der Waals surface area (Å²) in [5, 5.41) is 3.45. The van der Waals surface area contributed by atoms with E-state index in [2.05, 4.69) is 39.3 Å². The molecule has 2 aliphatic rings. The summed E-state index contributed by atoms with van der Waals surface area (Å²) >= 11 is 0. The van der Waals surface area contributed by atoms with Gasteiger partial charge >= 0.3 is 0 Å². The molecule has 2 atom stereocenters. The molecule has 1 aromatic rings. The van der Waals surface area contributed by atoms with Crippen molar-refractivity contribution >= 4 is 5.82 Å². The summed E-state index contributed by atoms with van der Waals surface area (Å²) in [4.78, 5) is 9.40. The van der Waals surface area contributed by atoms with Gasteiger partial charge in [0.2, 0.25) is 0 Å². The van der Waals surface area contributed by atoms with Crippen molar-refractivity contribution in [2.24, 2.45) is 5.92 Å². The molecule has 0 aliphatic carbocycles. The highest BCUT2D eigenvalue weighted by Gasteiger charge is 2.28. The maximum atomic E-state index is 5.66. The van der Waals surface area contributed by atoms with E-state index in [1.807, 2.05) is 12.3 Å². The average molecular weight is 290 g/mol. The highest BCUT2D eigenvalue weighted by Crippen LogP contribution is 2.18. The molecule has 3 heterocycles. The van der Waals surface area contributed by atoms with Crippen molar-refractivity contribution in [3.05, 3.63) is 24.4 Å². The predicted molar refractivity (Wildman–Crippen MR) is 84.7 cm³/mol. The fourth-order valence-electron chi connectivity index (χ4n) is 3.39. The molecule has 0 radical (unpaired) electrons. The normalized spacial score (nSPS) is 27.8. The molecular weight excluding hydrogens is 264 g/mol. The number of aromatic nitrogens is 1. The molecule has 21 heavy (non-hydrogen) atoms. The van der Waals surface area contributed by atoms with E-state index in [1.165, 1.54) is 0 Å². The van der Waals surface area contributed by atoms with Crippen LogP contribution in [0.1, 0.15) is 6.42 Å². The molecule has 0 bridgehead atoms. The highest BCUT2D eigenvalue weighted by atomic mass is 16.5. The van der Waals surface area contributed by atoms with E-state index < -0.39 is 0 Å². The van der Waals surface area contributed by atoms with Crippen molar-refractivity contribution in [1.82, 2.24) is 15.2 Å². The van der Waals surface area contributed by atoms with Crippen LogP contribution in [0, 0.1) is 5.92 Å². The lowest BCUT2D eigenvalue weighted by Gasteiger charge is -2.39. The first-order chi connectivity index (χ1) is 10.4. The van der Waals surface area contributed by atoms with Crippen molar-refractivity contribution in [2.45, 2.75) is 12.5 Å². The third-order valence-electron chi connectivity index (χ3n) is 4.68. The predicted octanol–water partition coefficient (Wildman–Crippen LogP) is 0.828. The Hall–Kier alpha value is -1.17. The fraction of sp³-hybridized carbons (Fsp3) is 0.688. The first kappa shape index (κ1) is 14.8. The van der Waals surface area contributed by atoms with E-state index >= 15 is 0 Å². The van der Waals surface area contributed by atoms with Crippen LogP contribution < -0.4 is 10.2 Å². The molecular formula is C16H26N4O. The van der Waals surface area contributed by atoms with Crippen LogP contribution in [0.4, 0.5) is 5.82 Å². The van der Waals surface area contributed by atoms with Crippen molar-refractivity contribution in [1.29, 1.82) is 0 Å². The van der Waals surface area contributed by atoms with Crippen molar-refractivity contribution < 1.29 is 4.74 Å². The van der Waals surface area contributed by atoms with Gasteiger partial charge in [0, 0.05) is 57.5 Å². The monoisotopic (exact) mass is 290 g/mol. The molecule has 0 amide bonds. The van der Waals surface area contributed by atoms with Gasteiger partial charge in [-0.1, -0.05) is 6.07 Å².